The molecule has 0 heterocycles. The van der Waals surface area contributed by atoms with E-state index in [1.165, 1.54) is 6.08 Å². The Balaban J connectivity index is 3.10. The molecule has 0 aliphatic heterocycles. The highest BCUT2D eigenvalue weighted by atomic mass is 79.9. The SMILES string of the molecule is O=C(O)/C=C/c1cc(F)c(F)cc1Br. The molecule has 1 N–H and O–H groups in total. The van der Waals surface area contributed by atoms with Crippen molar-refractivity contribution >= 4 is 28.0 Å². The average Bonchev–Trinajstić information content (AvgIpc) is 2.09. The minimum absolute atomic E-state index is 0.270. The van der Waals surface area contributed by atoms with Crippen LogP contribution in [-0.4, -0.2) is 11.1 Å². The average molecular weight is 263 g/mol. The Morgan fingerprint density at radius 3 is 2.50 bits per heavy atom. The van der Waals surface area contributed by atoms with Crippen molar-refractivity contribution in [1.82, 2.24) is 0 Å². The summed E-state index contributed by atoms with van der Waals surface area (Å²) in [5.74, 6) is -3.15. The van der Waals surface area contributed by atoms with Gasteiger partial charge in [0, 0.05) is 10.5 Å². The summed E-state index contributed by atoms with van der Waals surface area (Å²) >= 11 is 2.98. The van der Waals surface area contributed by atoms with E-state index in [0.29, 0.717) is 4.47 Å². The molecule has 0 aliphatic rings. The van der Waals surface area contributed by atoms with E-state index in [4.69, 9.17) is 5.11 Å². The third kappa shape index (κ3) is 2.63. The van der Waals surface area contributed by atoms with Crippen molar-refractivity contribution in [3.63, 3.8) is 0 Å². The number of carbonyl (C=O) groups is 1. The molecule has 0 aliphatic carbocycles. The van der Waals surface area contributed by atoms with E-state index in [9.17, 15) is 13.6 Å². The number of carboxylic acids is 1. The van der Waals surface area contributed by atoms with Gasteiger partial charge in [-0.3, -0.25) is 0 Å². The van der Waals surface area contributed by atoms with Gasteiger partial charge in [0.25, 0.3) is 0 Å². The lowest BCUT2D eigenvalue weighted by molar-refractivity contribution is -0.131. The number of hydrogen-bond donors (Lipinski definition) is 1. The predicted octanol–water partition coefficient (Wildman–Crippen LogP) is 2.83. The molecule has 0 saturated carbocycles. The van der Waals surface area contributed by atoms with Gasteiger partial charge < -0.3 is 5.11 Å². The fraction of sp³-hybridized carbons (Fsp3) is 0. The molecular weight excluding hydrogens is 258 g/mol. The molecule has 14 heavy (non-hydrogen) atoms. The van der Waals surface area contributed by atoms with E-state index in [1.54, 1.807) is 0 Å². The zero-order chi connectivity index (χ0) is 10.7. The van der Waals surface area contributed by atoms with Gasteiger partial charge in [-0.2, -0.15) is 0 Å². The molecular formula is C9H5BrF2O2. The second-order valence-electron chi connectivity index (χ2n) is 2.46. The maximum Gasteiger partial charge on any atom is 0.328 e. The molecule has 0 bridgehead atoms. The summed E-state index contributed by atoms with van der Waals surface area (Å²) in [5, 5.41) is 8.32. The van der Waals surface area contributed by atoms with Crippen LogP contribution in [0.3, 0.4) is 0 Å². The smallest absolute Gasteiger partial charge is 0.328 e. The topological polar surface area (TPSA) is 37.3 Å². The molecule has 74 valence electrons. The van der Waals surface area contributed by atoms with Crippen LogP contribution in [0.4, 0.5) is 8.78 Å². The minimum atomic E-state index is -1.15. The number of carboxylic acid groups (broad SMARTS) is 1. The van der Waals surface area contributed by atoms with Gasteiger partial charge in [0.05, 0.1) is 0 Å². The summed E-state index contributed by atoms with van der Waals surface area (Å²) in [4.78, 5) is 10.2. The first kappa shape index (κ1) is 10.8. The lowest BCUT2D eigenvalue weighted by atomic mass is 10.2. The van der Waals surface area contributed by atoms with Crippen LogP contribution in [0.25, 0.3) is 6.08 Å². The van der Waals surface area contributed by atoms with E-state index >= 15 is 0 Å². The van der Waals surface area contributed by atoms with Crippen LogP contribution < -0.4 is 0 Å². The second kappa shape index (κ2) is 4.32. The molecule has 0 fully saturated rings. The molecule has 0 unspecified atom stereocenters. The maximum absolute atomic E-state index is 12.7. The molecule has 0 atom stereocenters. The van der Waals surface area contributed by atoms with Crippen LogP contribution in [0.5, 0.6) is 0 Å². The molecule has 1 aromatic carbocycles. The van der Waals surface area contributed by atoms with Crippen molar-refractivity contribution < 1.29 is 18.7 Å². The first-order chi connectivity index (χ1) is 6.50. The summed E-state index contributed by atoms with van der Waals surface area (Å²) in [6.07, 6.45) is 2.02. The Labute approximate surface area is 87.0 Å². The van der Waals surface area contributed by atoms with E-state index in [2.05, 4.69) is 15.9 Å². The van der Waals surface area contributed by atoms with Crippen molar-refractivity contribution in [3.05, 3.63) is 39.9 Å². The van der Waals surface area contributed by atoms with Crippen molar-refractivity contribution in [1.29, 1.82) is 0 Å². The highest BCUT2D eigenvalue weighted by molar-refractivity contribution is 9.10. The van der Waals surface area contributed by atoms with Crippen LogP contribution in [0, 0.1) is 11.6 Å². The zero-order valence-corrected chi connectivity index (χ0v) is 8.38. The largest absolute Gasteiger partial charge is 0.478 e. The van der Waals surface area contributed by atoms with Crippen molar-refractivity contribution in [2.45, 2.75) is 0 Å². The standard InChI is InChI=1S/C9H5BrF2O2/c10-6-4-8(12)7(11)3-5(6)1-2-9(13)14/h1-4H,(H,13,14)/b2-1+. The Bertz CT molecular complexity index is 402. The van der Waals surface area contributed by atoms with Gasteiger partial charge in [-0.25, -0.2) is 13.6 Å². The highest BCUT2D eigenvalue weighted by Gasteiger charge is 2.05. The summed E-state index contributed by atoms with van der Waals surface area (Å²) in [7, 11) is 0. The van der Waals surface area contributed by atoms with Gasteiger partial charge in [-0.05, 0) is 23.8 Å². The third-order valence-corrected chi connectivity index (χ3v) is 2.13. The summed E-state index contributed by atoms with van der Waals surface area (Å²) in [5.41, 5.74) is 0.270. The van der Waals surface area contributed by atoms with Crippen LogP contribution in [0.1, 0.15) is 5.56 Å². The van der Waals surface area contributed by atoms with Crippen molar-refractivity contribution in [2.75, 3.05) is 0 Å². The summed E-state index contributed by atoms with van der Waals surface area (Å²) in [6.45, 7) is 0. The van der Waals surface area contributed by atoms with Gasteiger partial charge in [-0.15, -0.1) is 0 Å². The Morgan fingerprint density at radius 2 is 1.93 bits per heavy atom. The molecule has 0 radical (unpaired) electrons. The first-order valence-electron chi connectivity index (χ1n) is 3.56. The molecule has 0 amide bonds. The van der Waals surface area contributed by atoms with Gasteiger partial charge in [0.2, 0.25) is 0 Å². The van der Waals surface area contributed by atoms with E-state index in [0.717, 1.165) is 18.2 Å². The maximum atomic E-state index is 12.7. The molecule has 2 nitrogen and oxygen atoms in total. The number of rotatable bonds is 2. The lowest BCUT2D eigenvalue weighted by Gasteiger charge is -1.99. The van der Waals surface area contributed by atoms with Crippen LogP contribution in [-0.2, 0) is 4.79 Å². The molecule has 0 saturated heterocycles. The van der Waals surface area contributed by atoms with E-state index < -0.39 is 17.6 Å². The molecule has 0 spiro atoms. The van der Waals surface area contributed by atoms with Crippen LogP contribution in [0.2, 0.25) is 0 Å². The zero-order valence-electron chi connectivity index (χ0n) is 6.80. The highest BCUT2D eigenvalue weighted by Crippen LogP contribution is 2.21. The summed E-state index contributed by atoms with van der Waals surface area (Å²) < 4.78 is 25.6. The normalized spacial score (nSPS) is 10.8. The minimum Gasteiger partial charge on any atom is -0.478 e. The van der Waals surface area contributed by atoms with Gasteiger partial charge in [0.1, 0.15) is 0 Å². The van der Waals surface area contributed by atoms with Gasteiger partial charge in [0.15, 0.2) is 11.6 Å². The van der Waals surface area contributed by atoms with Crippen LogP contribution in [0.15, 0.2) is 22.7 Å². The van der Waals surface area contributed by atoms with Gasteiger partial charge >= 0.3 is 5.97 Å². The van der Waals surface area contributed by atoms with E-state index in [-0.39, 0.29) is 5.56 Å². The molecule has 1 aromatic rings. The Kier molecular flexibility index (Phi) is 3.35. The third-order valence-electron chi connectivity index (χ3n) is 1.45. The van der Waals surface area contributed by atoms with Gasteiger partial charge in [-0.1, -0.05) is 15.9 Å². The molecule has 1 rings (SSSR count). The van der Waals surface area contributed by atoms with Crippen molar-refractivity contribution in [3.8, 4) is 0 Å². The number of hydrogen-bond acceptors (Lipinski definition) is 1. The summed E-state index contributed by atoms with van der Waals surface area (Å²) in [6, 6.07) is 1.86. The fourth-order valence-electron chi connectivity index (χ4n) is 0.827. The van der Waals surface area contributed by atoms with Crippen LogP contribution >= 0.6 is 15.9 Å². The predicted molar refractivity (Wildman–Crippen MR) is 50.7 cm³/mol. The quantitative estimate of drug-likeness (QED) is 0.658. The number of aliphatic carboxylic acids is 1. The monoisotopic (exact) mass is 262 g/mol. The Morgan fingerprint density at radius 1 is 1.36 bits per heavy atom. The molecule has 0 aromatic heterocycles. The fourth-order valence-corrected chi connectivity index (χ4v) is 1.27. The molecule has 5 heteroatoms. The first-order valence-corrected chi connectivity index (χ1v) is 4.35. The second-order valence-corrected chi connectivity index (χ2v) is 3.31. The van der Waals surface area contributed by atoms with Crippen molar-refractivity contribution in [2.24, 2.45) is 0 Å². The van der Waals surface area contributed by atoms with E-state index in [1.807, 2.05) is 0 Å². The number of halogens is 3. The number of benzene rings is 1. The Hall–Kier alpha value is -1.23. The lowest BCUT2D eigenvalue weighted by Crippen LogP contribution is -1.89.